The lowest BCUT2D eigenvalue weighted by Crippen LogP contribution is -2.46. The summed E-state index contributed by atoms with van der Waals surface area (Å²) in [6, 6.07) is 1.28. The molecule has 0 bridgehead atoms. The van der Waals surface area contributed by atoms with E-state index in [-0.39, 0.29) is 5.41 Å². The summed E-state index contributed by atoms with van der Waals surface area (Å²) < 4.78 is 0. The smallest absolute Gasteiger partial charge is 0.0499 e. The lowest BCUT2D eigenvalue weighted by molar-refractivity contribution is 0.112. The van der Waals surface area contributed by atoms with Crippen LogP contribution in [0.3, 0.4) is 0 Å². The van der Waals surface area contributed by atoms with Crippen molar-refractivity contribution in [1.29, 1.82) is 0 Å². The lowest BCUT2D eigenvalue weighted by atomic mass is 9.85. The summed E-state index contributed by atoms with van der Waals surface area (Å²) in [5.74, 6) is 0. The summed E-state index contributed by atoms with van der Waals surface area (Å²) in [5.41, 5.74) is 0.145. The molecule has 2 unspecified atom stereocenters. The van der Waals surface area contributed by atoms with Gasteiger partial charge in [-0.15, -0.1) is 0 Å². The van der Waals surface area contributed by atoms with E-state index in [9.17, 15) is 5.11 Å². The fraction of sp³-hybridized carbons (Fsp3) is 1.00. The molecule has 0 aromatic rings. The molecule has 2 fully saturated rings. The molecule has 94 valence electrons. The molecule has 2 aliphatic carbocycles. The molecule has 0 aromatic carbocycles. The maximum atomic E-state index is 9.54. The zero-order valence-electron chi connectivity index (χ0n) is 10.7. The number of rotatable bonds is 3. The van der Waals surface area contributed by atoms with E-state index < -0.39 is 0 Å². The van der Waals surface area contributed by atoms with Crippen molar-refractivity contribution in [2.75, 3.05) is 6.61 Å². The highest BCUT2D eigenvalue weighted by Gasteiger charge is 2.38. The van der Waals surface area contributed by atoms with Crippen molar-refractivity contribution in [1.82, 2.24) is 5.32 Å². The molecule has 2 rings (SSSR count). The highest BCUT2D eigenvalue weighted by Crippen LogP contribution is 2.38. The third-order valence-corrected chi connectivity index (χ3v) is 4.74. The molecule has 0 aromatic heterocycles. The lowest BCUT2D eigenvalue weighted by Gasteiger charge is -2.33. The second kappa shape index (κ2) is 5.50. The maximum absolute atomic E-state index is 9.54. The molecular formula is C14H27NO. The summed E-state index contributed by atoms with van der Waals surface area (Å²) in [5, 5.41) is 13.4. The summed E-state index contributed by atoms with van der Waals surface area (Å²) in [4.78, 5) is 0. The number of hydrogen-bond acceptors (Lipinski definition) is 2. The third-order valence-electron chi connectivity index (χ3n) is 4.74. The first-order valence-electron chi connectivity index (χ1n) is 7.11. The van der Waals surface area contributed by atoms with Gasteiger partial charge in [-0.2, -0.15) is 0 Å². The average molecular weight is 225 g/mol. The van der Waals surface area contributed by atoms with E-state index in [2.05, 4.69) is 12.2 Å². The molecule has 0 heterocycles. The quantitative estimate of drug-likeness (QED) is 0.724. The molecule has 0 saturated heterocycles. The first-order chi connectivity index (χ1) is 7.74. The summed E-state index contributed by atoms with van der Waals surface area (Å²) in [7, 11) is 0. The van der Waals surface area contributed by atoms with Gasteiger partial charge in [-0.3, -0.25) is 0 Å². The highest BCUT2D eigenvalue weighted by atomic mass is 16.3. The van der Waals surface area contributed by atoms with Crippen LogP contribution in [0.15, 0.2) is 0 Å². The van der Waals surface area contributed by atoms with E-state index in [1.807, 2.05) is 0 Å². The monoisotopic (exact) mass is 225 g/mol. The van der Waals surface area contributed by atoms with E-state index in [0.717, 1.165) is 6.04 Å². The zero-order valence-corrected chi connectivity index (χ0v) is 10.7. The van der Waals surface area contributed by atoms with Crippen LogP contribution in [-0.2, 0) is 0 Å². The van der Waals surface area contributed by atoms with Crippen LogP contribution < -0.4 is 5.32 Å². The Labute approximate surface area is 99.8 Å². The summed E-state index contributed by atoms with van der Waals surface area (Å²) >= 11 is 0. The van der Waals surface area contributed by atoms with Crippen LogP contribution in [0.2, 0.25) is 0 Å². The van der Waals surface area contributed by atoms with Crippen LogP contribution in [0.5, 0.6) is 0 Å². The fourth-order valence-electron chi connectivity index (χ4n) is 3.44. The van der Waals surface area contributed by atoms with E-state index in [4.69, 9.17) is 0 Å². The molecule has 0 radical (unpaired) electrons. The van der Waals surface area contributed by atoms with Gasteiger partial charge in [0.15, 0.2) is 0 Å². The Balaban J connectivity index is 1.87. The molecule has 0 aliphatic heterocycles. The van der Waals surface area contributed by atoms with Gasteiger partial charge in [0, 0.05) is 24.1 Å². The number of aliphatic hydroxyl groups excluding tert-OH is 1. The molecule has 2 N–H and O–H groups in total. The minimum atomic E-state index is 0.145. The van der Waals surface area contributed by atoms with Crippen LogP contribution in [0, 0.1) is 5.41 Å². The third kappa shape index (κ3) is 2.78. The Kier molecular flexibility index (Phi) is 4.26. The molecule has 2 heteroatoms. The normalized spacial score (nSPS) is 37.5. The van der Waals surface area contributed by atoms with Crippen LogP contribution >= 0.6 is 0 Å². The Morgan fingerprint density at radius 2 is 1.75 bits per heavy atom. The number of aliphatic hydroxyl groups is 1. The van der Waals surface area contributed by atoms with Gasteiger partial charge in [0.1, 0.15) is 0 Å². The van der Waals surface area contributed by atoms with Crippen molar-refractivity contribution in [2.45, 2.75) is 76.8 Å². The van der Waals surface area contributed by atoms with Crippen LogP contribution in [0.1, 0.15) is 64.7 Å². The zero-order chi connectivity index (χ0) is 11.4. The summed E-state index contributed by atoms with van der Waals surface area (Å²) in [6.07, 6.45) is 12.0. The van der Waals surface area contributed by atoms with Crippen molar-refractivity contribution in [3.8, 4) is 0 Å². The number of nitrogens with one attached hydrogen (secondary N) is 1. The average Bonchev–Trinajstić information content (AvgIpc) is 2.52. The molecule has 2 atom stereocenters. The van der Waals surface area contributed by atoms with Crippen LogP contribution in [-0.4, -0.2) is 23.8 Å². The van der Waals surface area contributed by atoms with Gasteiger partial charge in [-0.05, 0) is 25.7 Å². The van der Waals surface area contributed by atoms with Gasteiger partial charge in [-0.25, -0.2) is 0 Å². The molecule has 2 nitrogen and oxygen atoms in total. The predicted molar refractivity (Wildman–Crippen MR) is 67.5 cm³/mol. The second-order valence-electron chi connectivity index (χ2n) is 6.11. The topological polar surface area (TPSA) is 32.3 Å². The Morgan fingerprint density at radius 3 is 2.38 bits per heavy atom. The molecule has 2 saturated carbocycles. The van der Waals surface area contributed by atoms with Gasteiger partial charge >= 0.3 is 0 Å². The van der Waals surface area contributed by atoms with E-state index in [1.54, 1.807) is 0 Å². The Bertz CT molecular complexity index is 211. The largest absolute Gasteiger partial charge is 0.396 e. The predicted octanol–water partition coefficient (Wildman–Crippen LogP) is 2.85. The molecule has 0 spiro atoms. The highest BCUT2D eigenvalue weighted by molar-refractivity contribution is 4.94. The van der Waals surface area contributed by atoms with Crippen molar-refractivity contribution < 1.29 is 5.11 Å². The Hall–Kier alpha value is -0.0800. The van der Waals surface area contributed by atoms with Crippen molar-refractivity contribution in [3.63, 3.8) is 0 Å². The first-order valence-corrected chi connectivity index (χ1v) is 7.11. The molecule has 2 aliphatic rings. The maximum Gasteiger partial charge on any atom is 0.0499 e. The first kappa shape index (κ1) is 12.4. The van der Waals surface area contributed by atoms with Gasteiger partial charge in [0.2, 0.25) is 0 Å². The molecular weight excluding hydrogens is 198 g/mol. The summed E-state index contributed by atoms with van der Waals surface area (Å²) in [6.45, 7) is 2.59. The molecule has 16 heavy (non-hydrogen) atoms. The van der Waals surface area contributed by atoms with Crippen molar-refractivity contribution in [2.24, 2.45) is 5.41 Å². The SMILES string of the molecule is CC1(CO)CCCC1NC1CCCCCC1. The van der Waals surface area contributed by atoms with Crippen molar-refractivity contribution >= 4 is 0 Å². The minimum Gasteiger partial charge on any atom is -0.396 e. The van der Waals surface area contributed by atoms with Gasteiger partial charge in [-0.1, -0.05) is 39.0 Å². The van der Waals surface area contributed by atoms with E-state index in [0.29, 0.717) is 12.6 Å². The standard InChI is InChI=1S/C14H27NO/c1-14(11-16)10-6-9-13(14)15-12-7-4-2-3-5-8-12/h12-13,15-16H,2-11H2,1H3. The minimum absolute atomic E-state index is 0.145. The van der Waals surface area contributed by atoms with Crippen LogP contribution in [0.25, 0.3) is 0 Å². The van der Waals surface area contributed by atoms with E-state index in [1.165, 1.54) is 57.8 Å². The van der Waals surface area contributed by atoms with Crippen LogP contribution in [0.4, 0.5) is 0 Å². The van der Waals surface area contributed by atoms with Gasteiger partial charge < -0.3 is 10.4 Å². The number of hydrogen-bond donors (Lipinski definition) is 2. The van der Waals surface area contributed by atoms with Gasteiger partial charge in [0.25, 0.3) is 0 Å². The van der Waals surface area contributed by atoms with Gasteiger partial charge in [0.05, 0.1) is 0 Å². The Morgan fingerprint density at radius 1 is 1.06 bits per heavy atom. The fourth-order valence-corrected chi connectivity index (χ4v) is 3.44. The second-order valence-corrected chi connectivity index (χ2v) is 6.11. The molecule has 0 amide bonds. The van der Waals surface area contributed by atoms with E-state index >= 15 is 0 Å². The van der Waals surface area contributed by atoms with Crippen molar-refractivity contribution in [3.05, 3.63) is 0 Å².